The van der Waals surface area contributed by atoms with Crippen LogP contribution < -0.4 is 15.5 Å². The van der Waals surface area contributed by atoms with Gasteiger partial charge in [0.25, 0.3) is 0 Å². The molecule has 2 aromatic rings. The van der Waals surface area contributed by atoms with Crippen LogP contribution in [0.2, 0.25) is 0 Å². The summed E-state index contributed by atoms with van der Waals surface area (Å²) in [5.74, 6) is 0.733. The van der Waals surface area contributed by atoms with Gasteiger partial charge in [-0.1, -0.05) is 0 Å². The second-order valence-electron chi connectivity index (χ2n) is 6.05. The van der Waals surface area contributed by atoms with Gasteiger partial charge in [0.15, 0.2) is 0 Å². The molecule has 1 fully saturated rings. The maximum absolute atomic E-state index is 12.3. The molecule has 0 saturated carbocycles. The molecular weight excluding hydrogens is 459 g/mol. The standard InChI is InChI=1S/C18H21IN6O2/c19-14-2-4-15(5-3-14)23-18(27)22-9-6-16(26)24-10-12-25(13-11-24)17-20-7-1-8-21-17/h1-5,7-8H,6,9-13H2,(H2,22,23,27). The molecule has 3 amide bonds. The minimum Gasteiger partial charge on any atom is -0.339 e. The van der Waals surface area contributed by atoms with Crippen molar-refractivity contribution in [1.29, 1.82) is 0 Å². The fraction of sp³-hybridized carbons (Fsp3) is 0.333. The third kappa shape index (κ3) is 5.78. The van der Waals surface area contributed by atoms with Gasteiger partial charge in [-0.3, -0.25) is 4.79 Å². The molecule has 2 heterocycles. The number of hydrogen-bond acceptors (Lipinski definition) is 5. The van der Waals surface area contributed by atoms with Crippen molar-refractivity contribution >= 4 is 46.2 Å². The number of carbonyl (C=O) groups excluding carboxylic acids is 2. The quantitative estimate of drug-likeness (QED) is 0.639. The minimum absolute atomic E-state index is 0.0400. The first-order valence-corrected chi connectivity index (χ1v) is 9.80. The van der Waals surface area contributed by atoms with Crippen LogP contribution in [0.3, 0.4) is 0 Å². The summed E-state index contributed by atoms with van der Waals surface area (Å²) in [6.07, 6.45) is 3.71. The number of nitrogens with zero attached hydrogens (tertiary/aromatic N) is 4. The fourth-order valence-electron chi connectivity index (χ4n) is 2.76. The Morgan fingerprint density at radius 3 is 2.37 bits per heavy atom. The van der Waals surface area contributed by atoms with Crippen LogP contribution in [0.5, 0.6) is 0 Å². The van der Waals surface area contributed by atoms with E-state index in [1.807, 2.05) is 29.2 Å². The van der Waals surface area contributed by atoms with Gasteiger partial charge < -0.3 is 20.4 Å². The van der Waals surface area contributed by atoms with Gasteiger partial charge in [-0.25, -0.2) is 14.8 Å². The van der Waals surface area contributed by atoms with E-state index in [1.165, 1.54) is 0 Å². The molecule has 0 aliphatic carbocycles. The lowest BCUT2D eigenvalue weighted by molar-refractivity contribution is -0.131. The Kier molecular flexibility index (Phi) is 6.80. The third-order valence-electron chi connectivity index (χ3n) is 4.19. The summed E-state index contributed by atoms with van der Waals surface area (Å²) in [5.41, 5.74) is 0.721. The van der Waals surface area contributed by atoms with E-state index in [0.29, 0.717) is 38.7 Å². The van der Waals surface area contributed by atoms with Crippen LogP contribution in [0.4, 0.5) is 16.4 Å². The Morgan fingerprint density at radius 2 is 1.70 bits per heavy atom. The van der Waals surface area contributed by atoms with Gasteiger partial charge in [0.1, 0.15) is 0 Å². The summed E-state index contributed by atoms with van der Waals surface area (Å²) in [6, 6.07) is 8.98. The van der Waals surface area contributed by atoms with E-state index in [0.717, 1.165) is 9.26 Å². The molecule has 0 atom stereocenters. The number of benzene rings is 1. The first-order chi connectivity index (χ1) is 13.1. The maximum atomic E-state index is 12.3. The minimum atomic E-state index is -0.310. The number of aromatic nitrogens is 2. The van der Waals surface area contributed by atoms with E-state index in [4.69, 9.17) is 0 Å². The van der Waals surface area contributed by atoms with Gasteiger partial charge in [-0.05, 0) is 52.9 Å². The molecule has 142 valence electrons. The molecule has 9 heteroatoms. The molecule has 0 bridgehead atoms. The summed E-state index contributed by atoms with van der Waals surface area (Å²) in [7, 11) is 0. The molecule has 0 radical (unpaired) electrons. The molecule has 1 aliphatic heterocycles. The summed E-state index contributed by atoms with van der Waals surface area (Å²) in [5, 5.41) is 5.47. The van der Waals surface area contributed by atoms with Gasteiger partial charge in [-0.15, -0.1) is 0 Å². The highest BCUT2D eigenvalue weighted by Gasteiger charge is 2.22. The number of piperazine rings is 1. The average Bonchev–Trinajstić information content (AvgIpc) is 2.70. The van der Waals surface area contributed by atoms with Gasteiger partial charge in [0, 0.05) is 60.8 Å². The lowest BCUT2D eigenvalue weighted by Crippen LogP contribution is -2.49. The van der Waals surface area contributed by atoms with Crippen LogP contribution in [0.25, 0.3) is 0 Å². The lowest BCUT2D eigenvalue weighted by Gasteiger charge is -2.34. The molecule has 1 saturated heterocycles. The molecular formula is C18H21IN6O2. The number of urea groups is 1. The molecule has 2 N–H and O–H groups in total. The number of carbonyl (C=O) groups is 2. The summed E-state index contributed by atoms with van der Waals surface area (Å²) < 4.78 is 1.10. The summed E-state index contributed by atoms with van der Waals surface area (Å²) in [4.78, 5) is 36.6. The Balaban J connectivity index is 1.36. The van der Waals surface area contributed by atoms with E-state index in [-0.39, 0.29) is 18.4 Å². The number of halogens is 1. The van der Waals surface area contributed by atoms with Gasteiger partial charge in [-0.2, -0.15) is 0 Å². The SMILES string of the molecule is O=C(NCCC(=O)N1CCN(c2ncccn2)CC1)Nc1ccc(I)cc1. The normalized spacial score (nSPS) is 14.0. The molecule has 0 unspecified atom stereocenters. The predicted molar refractivity (Wildman–Crippen MR) is 112 cm³/mol. The first-order valence-electron chi connectivity index (χ1n) is 8.72. The Bertz CT molecular complexity index is 763. The van der Waals surface area contributed by atoms with Crippen molar-refractivity contribution in [3.05, 3.63) is 46.3 Å². The Labute approximate surface area is 171 Å². The van der Waals surface area contributed by atoms with E-state index >= 15 is 0 Å². The van der Waals surface area contributed by atoms with Gasteiger partial charge in [0.05, 0.1) is 0 Å². The maximum Gasteiger partial charge on any atom is 0.319 e. The zero-order valence-corrected chi connectivity index (χ0v) is 16.9. The molecule has 1 aromatic carbocycles. The second-order valence-corrected chi connectivity index (χ2v) is 7.30. The van der Waals surface area contributed by atoms with E-state index in [9.17, 15) is 9.59 Å². The van der Waals surface area contributed by atoms with Crippen LogP contribution in [0.15, 0.2) is 42.7 Å². The van der Waals surface area contributed by atoms with E-state index in [1.54, 1.807) is 18.5 Å². The number of hydrogen-bond donors (Lipinski definition) is 2. The van der Waals surface area contributed by atoms with Crippen molar-refractivity contribution in [3.8, 4) is 0 Å². The van der Waals surface area contributed by atoms with Crippen molar-refractivity contribution in [2.75, 3.05) is 42.9 Å². The highest BCUT2D eigenvalue weighted by Crippen LogP contribution is 2.11. The fourth-order valence-corrected chi connectivity index (χ4v) is 3.12. The van der Waals surface area contributed by atoms with Crippen LogP contribution >= 0.6 is 22.6 Å². The van der Waals surface area contributed by atoms with Crippen molar-refractivity contribution < 1.29 is 9.59 Å². The molecule has 1 aliphatic rings. The molecule has 0 spiro atoms. The van der Waals surface area contributed by atoms with E-state index in [2.05, 4.69) is 48.1 Å². The number of amides is 3. The highest BCUT2D eigenvalue weighted by atomic mass is 127. The number of anilines is 2. The average molecular weight is 480 g/mol. The van der Waals surface area contributed by atoms with Crippen molar-refractivity contribution in [2.45, 2.75) is 6.42 Å². The third-order valence-corrected chi connectivity index (χ3v) is 4.91. The number of nitrogens with one attached hydrogen (secondary N) is 2. The molecule has 1 aromatic heterocycles. The first kappa shape index (κ1) is 19.3. The van der Waals surface area contributed by atoms with Crippen LogP contribution in [-0.4, -0.2) is 59.5 Å². The Hall–Kier alpha value is -2.43. The second kappa shape index (κ2) is 9.49. The van der Waals surface area contributed by atoms with Crippen LogP contribution in [0.1, 0.15) is 6.42 Å². The summed E-state index contributed by atoms with van der Waals surface area (Å²) >= 11 is 2.21. The molecule has 3 rings (SSSR count). The van der Waals surface area contributed by atoms with Crippen LogP contribution in [-0.2, 0) is 4.79 Å². The Morgan fingerprint density at radius 1 is 1.04 bits per heavy atom. The van der Waals surface area contributed by atoms with Crippen molar-refractivity contribution in [3.63, 3.8) is 0 Å². The van der Waals surface area contributed by atoms with Crippen molar-refractivity contribution in [2.24, 2.45) is 0 Å². The van der Waals surface area contributed by atoms with Crippen molar-refractivity contribution in [1.82, 2.24) is 20.2 Å². The molecule has 27 heavy (non-hydrogen) atoms. The van der Waals surface area contributed by atoms with Gasteiger partial charge in [0.2, 0.25) is 11.9 Å². The van der Waals surface area contributed by atoms with Crippen LogP contribution in [0, 0.1) is 3.57 Å². The van der Waals surface area contributed by atoms with Gasteiger partial charge >= 0.3 is 6.03 Å². The predicted octanol–water partition coefficient (Wildman–Crippen LogP) is 1.94. The lowest BCUT2D eigenvalue weighted by atomic mass is 10.3. The highest BCUT2D eigenvalue weighted by molar-refractivity contribution is 14.1. The largest absolute Gasteiger partial charge is 0.339 e. The zero-order valence-electron chi connectivity index (χ0n) is 14.8. The monoisotopic (exact) mass is 480 g/mol. The smallest absolute Gasteiger partial charge is 0.319 e. The number of rotatable bonds is 5. The topological polar surface area (TPSA) is 90.5 Å². The summed E-state index contributed by atoms with van der Waals surface area (Å²) in [6.45, 7) is 2.97. The molecule has 8 nitrogen and oxygen atoms in total. The van der Waals surface area contributed by atoms with E-state index < -0.39 is 0 Å². The zero-order chi connectivity index (χ0) is 19.1.